The fourth-order valence-corrected chi connectivity index (χ4v) is 6.33. The second-order valence-electron chi connectivity index (χ2n) is 7.02. The minimum atomic E-state index is -1.30. The molecule has 0 unspecified atom stereocenters. The van der Waals surface area contributed by atoms with Crippen molar-refractivity contribution in [1.29, 1.82) is 0 Å². The van der Waals surface area contributed by atoms with Crippen molar-refractivity contribution in [1.82, 2.24) is 0 Å². The van der Waals surface area contributed by atoms with Crippen LogP contribution in [0.25, 0.3) is 0 Å². The summed E-state index contributed by atoms with van der Waals surface area (Å²) in [5, 5.41) is 0.463. The fourth-order valence-electron chi connectivity index (χ4n) is 2.86. The van der Waals surface area contributed by atoms with Crippen molar-refractivity contribution in [2.24, 2.45) is 0 Å². The third-order valence-electron chi connectivity index (χ3n) is 5.27. The van der Waals surface area contributed by atoms with Gasteiger partial charge < -0.3 is 0 Å². The van der Waals surface area contributed by atoms with E-state index in [2.05, 4.69) is 61.6 Å². The first-order chi connectivity index (χ1) is 7.01. The van der Waals surface area contributed by atoms with Gasteiger partial charge in [-0.15, -0.1) is 0 Å². The van der Waals surface area contributed by atoms with Crippen molar-refractivity contribution < 1.29 is 0 Å². The zero-order valence-electron chi connectivity index (χ0n) is 12.6. The Labute approximate surface area is 103 Å². The molecule has 92 valence electrons. The molecule has 0 fully saturated rings. The molecule has 0 heterocycles. The van der Waals surface area contributed by atoms with Gasteiger partial charge in [-0.05, 0) is 49.4 Å². The normalized spacial score (nSPS) is 20.1. The molecule has 0 amide bonds. The summed E-state index contributed by atoms with van der Waals surface area (Å²) in [5.74, 6) is 0. The molecule has 0 spiro atoms. The summed E-state index contributed by atoms with van der Waals surface area (Å²) in [6.07, 6.45) is 0. The van der Waals surface area contributed by atoms with Crippen LogP contribution in [0.15, 0.2) is 22.3 Å². The molecular formula is C15H28Si. The minimum Gasteiger partial charge on any atom is -0.0683 e. The van der Waals surface area contributed by atoms with Crippen molar-refractivity contribution in [3.05, 3.63) is 22.3 Å². The van der Waals surface area contributed by atoms with Crippen molar-refractivity contribution in [2.75, 3.05) is 0 Å². The highest BCUT2D eigenvalue weighted by molar-refractivity contribution is 6.82. The number of rotatable bonds is 1. The highest BCUT2D eigenvalue weighted by Crippen LogP contribution is 2.54. The Hall–Kier alpha value is -0.303. The molecular weight excluding hydrogens is 208 g/mol. The van der Waals surface area contributed by atoms with Gasteiger partial charge in [-0.2, -0.15) is 0 Å². The fraction of sp³-hybridized carbons (Fsp3) is 0.733. The van der Waals surface area contributed by atoms with Gasteiger partial charge in [0.1, 0.15) is 0 Å². The molecule has 0 saturated carbocycles. The van der Waals surface area contributed by atoms with Gasteiger partial charge in [0.15, 0.2) is 0 Å². The Morgan fingerprint density at radius 3 is 1.38 bits per heavy atom. The third-order valence-corrected chi connectivity index (χ3v) is 11.4. The van der Waals surface area contributed by atoms with Crippen molar-refractivity contribution in [3.8, 4) is 0 Å². The molecule has 0 atom stereocenters. The summed E-state index contributed by atoms with van der Waals surface area (Å²) in [6, 6.07) is 0. The van der Waals surface area contributed by atoms with Gasteiger partial charge in [-0.25, -0.2) is 0 Å². The van der Waals surface area contributed by atoms with Crippen LogP contribution in [0.3, 0.4) is 0 Å². The zero-order chi connectivity index (χ0) is 12.9. The summed E-state index contributed by atoms with van der Waals surface area (Å²) in [5.41, 5.74) is 7.13. The molecule has 0 nitrogen and oxygen atoms in total. The van der Waals surface area contributed by atoms with E-state index < -0.39 is 8.07 Å². The summed E-state index contributed by atoms with van der Waals surface area (Å²) < 4.78 is 0. The van der Waals surface area contributed by atoms with E-state index in [1.165, 1.54) is 0 Å². The Balaban J connectivity index is 3.28. The Morgan fingerprint density at radius 2 is 1.12 bits per heavy atom. The Bertz CT molecular complexity index is 337. The van der Waals surface area contributed by atoms with E-state index in [1.54, 1.807) is 22.3 Å². The van der Waals surface area contributed by atoms with E-state index >= 15 is 0 Å². The lowest BCUT2D eigenvalue weighted by atomic mass is 10.1. The van der Waals surface area contributed by atoms with E-state index in [9.17, 15) is 0 Å². The van der Waals surface area contributed by atoms with Gasteiger partial charge in [-0.1, -0.05) is 45.0 Å². The minimum absolute atomic E-state index is 0.463. The molecule has 16 heavy (non-hydrogen) atoms. The second kappa shape index (κ2) is 3.87. The molecule has 1 rings (SSSR count). The number of hydrogen-bond donors (Lipinski definition) is 0. The van der Waals surface area contributed by atoms with Gasteiger partial charge in [-0.3, -0.25) is 0 Å². The summed E-state index contributed by atoms with van der Waals surface area (Å²) in [4.78, 5) is 0. The third kappa shape index (κ3) is 1.83. The SMILES string of the molecule is CC1=C(C)C([Si](C)(C)C(C)(C)C)C(C)=C1C. The van der Waals surface area contributed by atoms with Gasteiger partial charge >= 0.3 is 0 Å². The predicted octanol–water partition coefficient (Wildman–Crippen LogP) is 5.55. The summed E-state index contributed by atoms with van der Waals surface area (Å²) in [7, 11) is -1.30. The average Bonchev–Trinajstić information content (AvgIpc) is 2.29. The molecule has 0 aromatic carbocycles. The van der Waals surface area contributed by atoms with E-state index in [0.717, 1.165) is 5.54 Å². The van der Waals surface area contributed by atoms with Crippen LogP contribution in [0.4, 0.5) is 0 Å². The van der Waals surface area contributed by atoms with Crippen LogP contribution in [0.5, 0.6) is 0 Å². The molecule has 1 heteroatoms. The van der Waals surface area contributed by atoms with E-state index in [0.29, 0.717) is 5.04 Å². The lowest BCUT2D eigenvalue weighted by Crippen LogP contribution is -2.42. The lowest BCUT2D eigenvalue weighted by Gasteiger charge is -2.43. The first-order valence-corrected chi connectivity index (χ1v) is 9.44. The topological polar surface area (TPSA) is 0 Å². The van der Waals surface area contributed by atoms with E-state index in [-0.39, 0.29) is 0 Å². The Kier molecular flexibility index (Phi) is 3.33. The first-order valence-electron chi connectivity index (χ1n) is 6.37. The molecule has 0 radical (unpaired) electrons. The van der Waals surface area contributed by atoms with Gasteiger partial charge in [0.05, 0.1) is 8.07 Å². The van der Waals surface area contributed by atoms with Crippen LogP contribution in [-0.4, -0.2) is 8.07 Å². The summed E-state index contributed by atoms with van der Waals surface area (Å²) in [6.45, 7) is 21.6. The van der Waals surface area contributed by atoms with Crippen LogP contribution in [0.1, 0.15) is 48.5 Å². The lowest BCUT2D eigenvalue weighted by molar-refractivity contribution is 0.704. The van der Waals surface area contributed by atoms with Gasteiger partial charge in [0, 0.05) is 0 Å². The molecule has 1 aliphatic carbocycles. The van der Waals surface area contributed by atoms with Crippen LogP contribution < -0.4 is 0 Å². The molecule has 1 aliphatic rings. The molecule has 0 aromatic heterocycles. The average molecular weight is 236 g/mol. The van der Waals surface area contributed by atoms with Crippen LogP contribution in [0.2, 0.25) is 23.7 Å². The number of allylic oxidation sites excluding steroid dienone is 4. The Morgan fingerprint density at radius 1 is 0.812 bits per heavy atom. The highest BCUT2D eigenvalue weighted by Gasteiger charge is 2.45. The molecule has 0 saturated heterocycles. The van der Waals surface area contributed by atoms with Gasteiger partial charge in [0.25, 0.3) is 0 Å². The van der Waals surface area contributed by atoms with Crippen LogP contribution >= 0.6 is 0 Å². The molecule has 0 N–H and O–H groups in total. The number of hydrogen-bond acceptors (Lipinski definition) is 0. The van der Waals surface area contributed by atoms with E-state index in [4.69, 9.17) is 0 Å². The smallest absolute Gasteiger partial charge is 0.0648 e. The quantitative estimate of drug-likeness (QED) is 0.523. The zero-order valence-corrected chi connectivity index (χ0v) is 13.6. The van der Waals surface area contributed by atoms with Crippen molar-refractivity contribution in [2.45, 2.75) is 72.1 Å². The first kappa shape index (κ1) is 13.8. The van der Waals surface area contributed by atoms with Crippen LogP contribution in [-0.2, 0) is 0 Å². The highest BCUT2D eigenvalue weighted by atomic mass is 28.3. The maximum atomic E-state index is 2.55. The second-order valence-corrected chi connectivity index (χ2v) is 12.5. The van der Waals surface area contributed by atoms with Crippen LogP contribution in [0, 0.1) is 0 Å². The molecule has 0 aromatic rings. The standard InChI is InChI=1S/C15H28Si/c1-10-11(2)13(4)14(12(10)3)16(8,9)15(5,6)7/h14H,1-9H3. The maximum Gasteiger partial charge on any atom is 0.0648 e. The monoisotopic (exact) mass is 236 g/mol. The predicted molar refractivity (Wildman–Crippen MR) is 77.7 cm³/mol. The largest absolute Gasteiger partial charge is 0.0683 e. The summed E-state index contributed by atoms with van der Waals surface area (Å²) >= 11 is 0. The molecule has 0 bridgehead atoms. The van der Waals surface area contributed by atoms with Gasteiger partial charge in [0.2, 0.25) is 0 Å². The molecule has 0 aliphatic heterocycles. The van der Waals surface area contributed by atoms with E-state index in [1.807, 2.05) is 0 Å². The van der Waals surface area contributed by atoms with Crippen molar-refractivity contribution in [3.63, 3.8) is 0 Å². The van der Waals surface area contributed by atoms with Crippen molar-refractivity contribution >= 4 is 8.07 Å². The maximum absolute atomic E-state index is 2.55.